The van der Waals surface area contributed by atoms with E-state index in [0.29, 0.717) is 5.92 Å². The molecule has 0 fully saturated rings. The maximum Gasteiger partial charge on any atom is 0.119 e. The van der Waals surface area contributed by atoms with Crippen LogP contribution in [-0.4, -0.2) is 6.61 Å². The van der Waals surface area contributed by atoms with Crippen molar-refractivity contribution in [1.82, 2.24) is 0 Å². The highest BCUT2D eigenvalue weighted by Gasteiger charge is 2.20. The van der Waals surface area contributed by atoms with Gasteiger partial charge in [-0.2, -0.15) is 0 Å². The Kier molecular flexibility index (Phi) is 8.04. The molecule has 0 radical (unpaired) electrons. The molecule has 0 N–H and O–H groups in total. The molecule has 1 unspecified atom stereocenters. The zero-order valence-corrected chi connectivity index (χ0v) is 19.9. The third-order valence-electron chi connectivity index (χ3n) is 6.91. The molecule has 0 amide bonds. The molecule has 1 atom stereocenters. The number of ether oxygens (including phenoxy) is 1. The minimum Gasteiger partial charge on any atom is -0.494 e. The highest BCUT2D eigenvalue weighted by molar-refractivity contribution is 5.66. The Morgan fingerprint density at radius 1 is 0.750 bits per heavy atom. The van der Waals surface area contributed by atoms with Crippen molar-refractivity contribution in [2.75, 3.05) is 6.61 Å². The van der Waals surface area contributed by atoms with Crippen molar-refractivity contribution in [3.8, 4) is 16.9 Å². The van der Waals surface area contributed by atoms with Crippen molar-refractivity contribution >= 4 is 0 Å². The summed E-state index contributed by atoms with van der Waals surface area (Å²) in [6.45, 7) is 5.30. The number of rotatable bonds is 10. The van der Waals surface area contributed by atoms with Crippen LogP contribution in [0.1, 0.15) is 80.5 Å². The van der Waals surface area contributed by atoms with Crippen LogP contribution in [0.3, 0.4) is 0 Å². The van der Waals surface area contributed by atoms with Crippen LogP contribution in [0.4, 0.5) is 0 Å². The molecule has 1 aliphatic carbocycles. The summed E-state index contributed by atoms with van der Waals surface area (Å²) in [7, 11) is 0. The Labute approximate surface area is 194 Å². The van der Waals surface area contributed by atoms with Crippen molar-refractivity contribution in [1.29, 1.82) is 0 Å². The van der Waals surface area contributed by atoms with E-state index in [9.17, 15) is 0 Å². The first-order valence-electron chi connectivity index (χ1n) is 12.7. The minimum atomic E-state index is 0.651. The molecule has 0 saturated heterocycles. The molecule has 3 aromatic carbocycles. The summed E-state index contributed by atoms with van der Waals surface area (Å²) in [4.78, 5) is 0. The lowest BCUT2D eigenvalue weighted by Gasteiger charge is -2.26. The molecule has 0 saturated carbocycles. The van der Waals surface area contributed by atoms with E-state index >= 15 is 0 Å². The van der Waals surface area contributed by atoms with Crippen LogP contribution in [0.5, 0.6) is 5.75 Å². The third-order valence-corrected chi connectivity index (χ3v) is 6.91. The van der Waals surface area contributed by atoms with E-state index in [4.69, 9.17) is 4.74 Å². The lowest BCUT2D eigenvalue weighted by Crippen LogP contribution is -2.13. The Morgan fingerprint density at radius 2 is 1.50 bits per heavy atom. The number of aryl methyl sites for hydroxylation is 2. The standard InChI is InChI=1S/C31H38O/c1-3-5-7-21-32-31-19-17-26(18-20-31)28-14-16-29-22-27(13-15-30(29)23-28)25-11-9-24(10-12-25)8-6-4-2/h9-12,14,16-20,23,27H,3-8,13,15,21-22H2,1-2H3. The maximum absolute atomic E-state index is 5.87. The molecule has 32 heavy (non-hydrogen) atoms. The second-order valence-corrected chi connectivity index (χ2v) is 9.35. The molecule has 1 heteroatoms. The summed E-state index contributed by atoms with van der Waals surface area (Å²) in [6.07, 6.45) is 10.9. The molecular weight excluding hydrogens is 388 g/mol. The molecule has 0 spiro atoms. The third kappa shape index (κ3) is 5.82. The van der Waals surface area contributed by atoms with E-state index in [1.165, 1.54) is 78.3 Å². The zero-order valence-electron chi connectivity index (χ0n) is 19.9. The van der Waals surface area contributed by atoms with Crippen LogP contribution in [-0.2, 0) is 19.3 Å². The molecule has 4 rings (SSSR count). The Balaban J connectivity index is 1.39. The fourth-order valence-corrected chi connectivity index (χ4v) is 4.84. The first-order valence-corrected chi connectivity index (χ1v) is 12.7. The molecular formula is C31H38O. The van der Waals surface area contributed by atoms with Crippen LogP contribution in [0, 0.1) is 0 Å². The van der Waals surface area contributed by atoms with Crippen LogP contribution >= 0.6 is 0 Å². The van der Waals surface area contributed by atoms with Gasteiger partial charge in [-0.25, -0.2) is 0 Å². The molecule has 1 aliphatic rings. The first-order chi connectivity index (χ1) is 15.8. The molecule has 0 bridgehead atoms. The zero-order chi connectivity index (χ0) is 22.2. The van der Waals surface area contributed by atoms with Gasteiger partial charge in [0.15, 0.2) is 0 Å². The van der Waals surface area contributed by atoms with Gasteiger partial charge in [0.25, 0.3) is 0 Å². The number of fused-ring (bicyclic) bond motifs is 1. The van der Waals surface area contributed by atoms with Gasteiger partial charge in [0, 0.05) is 0 Å². The number of hydrogen-bond donors (Lipinski definition) is 0. The molecule has 168 valence electrons. The normalized spacial score (nSPS) is 15.4. The van der Waals surface area contributed by atoms with Gasteiger partial charge < -0.3 is 4.74 Å². The van der Waals surface area contributed by atoms with Crippen molar-refractivity contribution in [2.45, 2.75) is 77.6 Å². The highest BCUT2D eigenvalue weighted by Crippen LogP contribution is 2.35. The van der Waals surface area contributed by atoms with Gasteiger partial charge in [-0.15, -0.1) is 0 Å². The minimum absolute atomic E-state index is 0.651. The van der Waals surface area contributed by atoms with Crippen LogP contribution in [0.25, 0.3) is 11.1 Å². The average Bonchev–Trinajstić information content (AvgIpc) is 2.85. The predicted molar refractivity (Wildman–Crippen MR) is 137 cm³/mol. The summed E-state index contributed by atoms with van der Waals surface area (Å²) < 4.78 is 5.87. The van der Waals surface area contributed by atoms with Crippen molar-refractivity contribution < 1.29 is 4.74 Å². The average molecular weight is 427 g/mol. The van der Waals surface area contributed by atoms with Gasteiger partial charge in [0.2, 0.25) is 0 Å². The smallest absolute Gasteiger partial charge is 0.119 e. The highest BCUT2D eigenvalue weighted by atomic mass is 16.5. The molecule has 3 aromatic rings. The largest absolute Gasteiger partial charge is 0.494 e. The Bertz CT molecular complexity index is 968. The maximum atomic E-state index is 5.87. The SMILES string of the molecule is CCCCCOc1ccc(-c2ccc3c(c2)CCC(c2ccc(CCCC)cc2)C3)cc1. The van der Waals surface area contributed by atoms with E-state index in [2.05, 4.69) is 80.6 Å². The fourth-order valence-electron chi connectivity index (χ4n) is 4.84. The Morgan fingerprint density at radius 3 is 2.25 bits per heavy atom. The van der Waals surface area contributed by atoms with Crippen LogP contribution in [0.15, 0.2) is 66.7 Å². The second kappa shape index (κ2) is 11.4. The van der Waals surface area contributed by atoms with E-state index in [1.807, 2.05) is 0 Å². The molecule has 0 aromatic heterocycles. The van der Waals surface area contributed by atoms with Gasteiger partial charge in [-0.05, 0) is 90.0 Å². The number of unbranched alkanes of at least 4 members (excludes halogenated alkanes) is 3. The summed E-state index contributed by atoms with van der Waals surface area (Å²) in [5, 5.41) is 0. The van der Waals surface area contributed by atoms with E-state index in [1.54, 1.807) is 0 Å². The number of hydrogen-bond acceptors (Lipinski definition) is 1. The lowest BCUT2D eigenvalue weighted by atomic mass is 9.79. The van der Waals surface area contributed by atoms with Crippen LogP contribution < -0.4 is 4.74 Å². The molecule has 1 nitrogen and oxygen atoms in total. The van der Waals surface area contributed by atoms with Crippen LogP contribution in [0.2, 0.25) is 0 Å². The fraction of sp³-hybridized carbons (Fsp3) is 0.419. The molecule has 0 aliphatic heterocycles. The van der Waals surface area contributed by atoms with E-state index in [0.717, 1.165) is 25.2 Å². The van der Waals surface area contributed by atoms with Crippen molar-refractivity contribution in [2.24, 2.45) is 0 Å². The van der Waals surface area contributed by atoms with Gasteiger partial charge in [-0.3, -0.25) is 0 Å². The lowest BCUT2D eigenvalue weighted by molar-refractivity contribution is 0.306. The summed E-state index contributed by atoms with van der Waals surface area (Å²) in [6, 6.07) is 25.1. The monoisotopic (exact) mass is 426 g/mol. The van der Waals surface area contributed by atoms with E-state index in [-0.39, 0.29) is 0 Å². The Hall–Kier alpha value is -2.54. The summed E-state index contributed by atoms with van der Waals surface area (Å²) in [5.41, 5.74) is 8.64. The quantitative estimate of drug-likeness (QED) is 0.295. The van der Waals surface area contributed by atoms with Crippen molar-refractivity contribution in [3.63, 3.8) is 0 Å². The second-order valence-electron chi connectivity index (χ2n) is 9.35. The molecule has 0 heterocycles. The van der Waals surface area contributed by atoms with Gasteiger partial charge >= 0.3 is 0 Å². The number of benzene rings is 3. The van der Waals surface area contributed by atoms with E-state index < -0.39 is 0 Å². The van der Waals surface area contributed by atoms with Gasteiger partial charge in [0.1, 0.15) is 5.75 Å². The predicted octanol–water partition coefficient (Wildman–Crippen LogP) is 8.54. The first kappa shape index (κ1) is 22.6. The van der Waals surface area contributed by atoms with Crippen molar-refractivity contribution in [3.05, 3.63) is 89.0 Å². The topological polar surface area (TPSA) is 9.23 Å². The summed E-state index contributed by atoms with van der Waals surface area (Å²) >= 11 is 0. The summed E-state index contributed by atoms with van der Waals surface area (Å²) in [5.74, 6) is 1.63. The van der Waals surface area contributed by atoms with Gasteiger partial charge in [0.05, 0.1) is 6.61 Å². The van der Waals surface area contributed by atoms with Gasteiger partial charge in [-0.1, -0.05) is 87.7 Å².